The minimum absolute atomic E-state index is 0.327. The molecule has 0 spiro atoms. The van der Waals surface area contributed by atoms with Crippen molar-refractivity contribution in [1.29, 1.82) is 0 Å². The lowest BCUT2D eigenvalue weighted by molar-refractivity contribution is 0.104. The third kappa shape index (κ3) is 4.34. The van der Waals surface area contributed by atoms with Crippen LogP contribution in [0.3, 0.4) is 0 Å². The topological polar surface area (TPSA) is 35.5 Å². The van der Waals surface area contributed by atoms with Gasteiger partial charge in [-0.05, 0) is 37.5 Å². The molecule has 0 heterocycles. The number of aryl methyl sites for hydroxylation is 1. The third-order valence-corrected chi connectivity index (χ3v) is 2.21. The zero-order valence-electron chi connectivity index (χ0n) is 9.86. The Kier molecular flexibility index (Phi) is 5.40. The van der Waals surface area contributed by atoms with Crippen LogP contribution in [-0.2, 0) is 11.2 Å². The Hall–Kier alpha value is -1.51. The van der Waals surface area contributed by atoms with Crippen molar-refractivity contribution in [2.75, 3.05) is 6.61 Å². The van der Waals surface area contributed by atoms with Crippen molar-refractivity contribution in [3.05, 3.63) is 29.8 Å². The molecule has 3 heteroatoms. The van der Waals surface area contributed by atoms with E-state index in [1.807, 2.05) is 12.1 Å². The lowest BCUT2D eigenvalue weighted by atomic mass is 10.1. The highest BCUT2D eigenvalue weighted by Crippen LogP contribution is 2.14. The van der Waals surface area contributed by atoms with Crippen LogP contribution >= 0.6 is 0 Å². The number of hydrogen-bond donors (Lipinski definition) is 0. The summed E-state index contributed by atoms with van der Waals surface area (Å²) < 4.78 is 9.63. The highest BCUT2D eigenvalue weighted by Gasteiger charge is 2.04. The van der Waals surface area contributed by atoms with Crippen LogP contribution in [0.4, 0.5) is 4.79 Å². The number of ether oxygens (including phenoxy) is 2. The first-order chi connectivity index (χ1) is 7.76. The van der Waals surface area contributed by atoms with Gasteiger partial charge >= 0.3 is 6.16 Å². The third-order valence-electron chi connectivity index (χ3n) is 2.21. The first kappa shape index (κ1) is 12.6. The summed E-state index contributed by atoms with van der Waals surface area (Å²) in [6.07, 6.45) is 2.78. The Morgan fingerprint density at radius 2 is 1.88 bits per heavy atom. The van der Waals surface area contributed by atoms with E-state index in [1.165, 1.54) is 18.4 Å². The first-order valence-corrected chi connectivity index (χ1v) is 5.69. The molecule has 16 heavy (non-hydrogen) atoms. The van der Waals surface area contributed by atoms with Gasteiger partial charge in [-0.25, -0.2) is 4.79 Å². The molecule has 0 aromatic heterocycles. The molecule has 0 amide bonds. The van der Waals surface area contributed by atoms with Gasteiger partial charge in [0.2, 0.25) is 0 Å². The van der Waals surface area contributed by atoms with Crippen LogP contribution in [0.1, 0.15) is 32.3 Å². The van der Waals surface area contributed by atoms with Gasteiger partial charge in [0, 0.05) is 0 Å². The van der Waals surface area contributed by atoms with Crippen molar-refractivity contribution in [3.8, 4) is 5.75 Å². The molecule has 0 saturated heterocycles. The fourth-order valence-corrected chi connectivity index (χ4v) is 1.35. The summed E-state index contributed by atoms with van der Waals surface area (Å²) >= 11 is 0. The molecule has 1 rings (SSSR count). The van der Waals surface area contributed by atoms with Gasteiger partial charge in [0.05, 0.1) is 6.61 Å². The highest BCUT2D eigenvalue weighted by atomic mass is 16.7. The summed E-state index contributed by atoms with van der Waals surface area (Å²) in [5.74, 6) is 0.527. The minimum atomic E-state index is -0.649. The van der Waals surface area contributed by atoms with Crippen molar-refractivity contribution in [2.24, 2.45) is 0 Å². The monoisotopic (exact) mass is 222 g/mol. The predicted molar refractivity (Wildman–Crippen MR) is 62.7 cm³/mol. The molecule has 0 fully saturated rings. The van der Waals surface area contributed by atoms with Crippen LogP contribution in [0.5, 0.6) is 5.75 Å². The Morgan fingerprint density at radius 3 is 2.44 bits per heavy atom. The van der Waals surface area contributed by atoms with E-state index in [-0.39, 0.29) is 0 Å². The fourth-order valence-electron chi connectivity index (χ4n) is 1.35. The smallest absolute Gasteiger partial charge is 0.434 e. The van der Waals surface area contributed by atoms with E-state index < -0.39 is 6.16 Å². The summed E-state index contributed by atoms with van der Waals surface area (Å²) in [7, 11) is 0. The van der Waals surface area contributed by atoms with E-state index in [0.29, 0.717) is 12.4 Å². The molecule has 0 bridgehead atoms. The molecule has 0 radical (unpaired) electrons. The number of unbranched alkanes of at least 4 members (excludes halogenated alkanes) is 1. The number of hydrogen-bond acceptors (Lipinski definition) is 3. The molecule has 0 saturated carbocycles. The van der Waals surface area contributed by atoms with E-state index in [1.54, 1.807) is 19.1 Å². The van der Waals surface area contributed by atoms with E-state index in [0.717, 1.165) is 6.42 Å². The summed E-state index contributed by atoms with van der Waals surface area (Å²) in [4.78, 5) is 11.0. The maximum absolute atomic E-state index is 11.0. The maximum Gasteiger partial charge on any atom is 0.513 e. The molecular formula is C13H18O3. The molecule has 0 N–H and O–H groups in total. The predicted octanol–water partition coefficient (Wildman–Crippen LogP) is 3.56. The quantitative estimate of drug-likeness (QED) is 0.564. The second kappa shape index (κ2) is 6.88. The van der Waals surface area contributed by atoms with E-state index in [9.17, 15) is 4.79 Å². The number of benzene rings is 1. The first-order valence-electron chi connectivity index (χ1n) is 5.69. The molecule has 88 valence electrons. The largest absolute Gasteiger partial charge is 0.513 e. The van der Waals surface area contributed by atoms with Gasteiger partial charge in [0.15, 0.2) is 0 Å². The van der Waals surface area contributed by atoms with Crippen molar-refractivity contribution in [2.45, 2.75) is 33.1 Å². The standard InChI is InChI=1S/C13H18O3/c1-3-5-6-11-7-9-12(10-8-11)16-13(14)15-4-2/h7-10H,3-6H2,1-2H3. The van der Waals surface area contributed by atoms with E-state index >= 15 is 0 Å². The fraction of sp³-hybridized carbons (Fsp3) is 0.462. The lowest BCUT2D eigenvalue weighted by Gasteiger charge is -2.05. The van der Waals surface area contributed by atoms with Gasteiger partial charge in [-0.1, -0.05) is 25.5 Å². The van der Waals surface area contributed by atoms with Gasteiger partial charge in [-0.3, -0.25) is 0 Å². The van der Waals surface area contributed by atoms with Crippen LogP contribution in [0.25, 0.3) is 0 Å². The second-order valence-corrected chi connectivity index (χ2v) is 3.53. The summed E-state index contributed by atoms with van der Waals surface area (Å²) in [6, 6.07) is 7.54. The van der Waals surface area contributed by atoms with Gasteiger partial charge in [0.1, 0.15) is 5.75 Å². The number of carbonyl (C=O) groups is 1. The molecule has 0 aliphatic heterocycles. The average Bonchev–Trinajstić information content (AvgIpc) is 2.28. The molecule has 0 aliphatic rings. The molecule has 0 atom stereocenters. The molecule has 1 aromatic rings. The van der Waals surface area contributed by atoms with Gasteiger partial charge in [-0.2, -0.15) is 0 Å². The Labute approximate surface area is 96.4 Å². The Balaban J connectivity index is 2.47. The van der Waals surface area contributed by atoms with E-state index in [2.05, 4.69) is 11.7 Å². The molecule has 1 aromatic carbocycles. The second-order valence-electron chi connectivity index (χ2n) is 3.53. The molecule has 3 nitrogen and oxygen atoms in total. The lowest BCUT2D eigenvalue weighted by Crippen LogP contribution is -2.09. The van der Waals surface area contributed by atoms with Crippen LogP contribution < -0.4 is 4.74 Å². The number of rotatable bonds is 5. The van der Waals surface area contributed by atoms with Gasteiger partial charge < -0.3 is 9.47 Å². The van der Waals surface area contributed by atoms with Crippen LogP contribution in [0, 0.1) is 0 Å². The summed E-state index contributed by atoms with van der Waals surface area (Å²) in [6.45, 7) is 4.24. The minimum Gasteiger partial charge on any atom is -0.434 e. The Morgan fingerprint density at radius 1 is 1.19 bits per heavy atom. The van der Waals surface area contributed by atoms with Crippen molar-refractivity contribution in [3.63, 3.8) is 0 Å². The highest BCUT2D eigenvalue weighted by molar-refractivity contribution is 5.63. The maximum atomic E-state index is 11.0. The molecule has 0 unspecified atom stereocenters. The molecular weight excluding hydrogens is 204 g/mol. The zero-order chi connectivity index (χ0) is 11.8. The number of carbonyl (C=O) groups excluding carboxylic acids is 1. The van der Waals surface area contributed by atoms with Crippen molar-refractivity contribution < 1.29 is 14.3 Å². The summed E-state index contributed by atoms with van der Waals surface area (Å²) in [5, 5.41) is 0. The van der Waals surface area contributed by atoms with Gasteiger partial charge in [0.25, 0.3) is 0 Å². The van der Waals surface area contributed by atoms with Crippen molar-refractivity contribution in [1.82, 2.24) is 0 Å². The Bertz CT molecular complexity index is 316. The average molecular weight is 222 g/mol. The van der Waals surface area contributed by atoms with Gasteiger partial charge in [-0.15, -0.1) is 0 Å². The molecule has 0 aliphatic carbocycles. The normalized spacial score (nSPS) is 9.88. The summed E-state index contributed by atoms with van der Waals surface area (Å²) in [5.41, 5.74) is 1.26. The van der Waals surface area contributed by atoms with Crippen LogP contribution in [-0.4, -0.2) is 12.8 Å². The van der Waals surface area contributed by atoms with Crippen LogP contribution in [0.15, 0.2) is 24.3 Å². The van der Waals surface area contributed by atoms with Crippen molar-refractivity contribution >= 4 is 6.16 Å². The van der Waals surface area contributed by atoms with E-state index in [4.69, 9.17) is 4.74 Å². The SMILES string of the molecule is CCCCc1ccc(OC(=O)OCC)cc1. The van der Waals surface area contributed by atoms with Crippen LogP contribution in [0.2, 0.25) is 0 Å². The zero-order valence-corrected chi connectivity index (χ0v) is 9.86.